The van der Waals surface area contributed by atoms with Gasteiger partial charge in [0.1, 0.15) is 11.9 Å². The van der Waals surface area contributed by atoms with Crippen molar-refractivity contribution >= 4 is 16.6 Å². The molecule has 2 aromatic rings. The van der Waals surface area contributed by atoms with Crippen LogP contribution in [0.5, 0.6) is 0 Å². The third-order valence-electron chi connectivity index (χ3n) is 8.20. The Labute approximate surface area is 182 Å². The molecule has 6 rings (SSSR count). The molecule has 1 unspecified atom stereocenters. The Morgan fingerprint density at radius 3 is 3.00 bits per heavy atom. The lowest BCUT2D eigenvalue weighted by Gasteiger charge is -2.45. The number of pyridine rings is 1. The topological polar surface area (TPSA) is 65.2 Å². The lowest BCUT2D eigenvalue weighted by Crippen LogP contribution is -2.41. The highest BCUT2D eigenvalue weighted by Gasteiger charge is 2.53. The molecular formula is C27H28N2O2. The Hall–Kier alpha value is -2.72. The molecule has 2 heterocycles. The predicted octanol–water partition coefficient (Wildman–Crippen LogP) is 4.82. The Bertz CT molecular complexity index is 1170. The van der Waals surface area contributed by atoms with Gasteiger partial charge in [0.25, 0.3) is 0 Å². The fraction of sp³-hybridized carbons (Fsp3) is 0.407. The zero-order valence-electron chi connectivity index (χ0n) is 17.9. The second-order valence-corrected chi connectivity index (χ2v) is 9.83. The number of ether oxygens (including phenoxy) is 1. The molecule has 1 fully saturated rings. The van der Waals surface area contributed by atoms with Gasteiger partial charge in [0.05, 0.1) is 5.57 Å². The number of nitrogens with two attached hydrogens (primary N) is 1. The molecule has 158 valence electrons. The minimum absolute atomic E-state index is 0.0174. The molecule has 1 aromatic carbocycles. The van der Waals surface area contributed by atoms with Crippen LogP contribution in [0.3, 0.4) is 0 Å². The van der Waals surface area contributed by atoms with Crippen molar-refractivity contribution in [3.05, 3.63) is 77.4 Å². The molecule has 31 heavy (non-hydrogen) atoms. The van der Waals surface area contributed by atoms with Gasteiger partial charge in [-0.3, -0.25) is 9.78 Å². The number of aromatic nitrogens is 1. The normalized spacial score (nSPS) is 34.1. The molecule has 0 bridgehead atoms. The molecule has 5 atom stereocenters. The van der Waals surface area contributed by atoms with Gasteiger partial charge >= 0.3 is 0 Å². The van der Waals surface area contributed by atoms with Crippen LogP contribution in [-0.2, 0) is 9.53 Å². The predicted molar refractivity (Wildman–Crippen MR) is 121 cm³/mol. The third-order valence-corrected chi connectivity index (χ3v) is 8.20. The van der Waals surface area contributed by atoms with E-state index in [1.807, 2.05) is 12.4 Å². The van der Waals surface area contributed by atoms with Gasteiger partial charge in [-0.1, -0.05) is 37.3 Å². The average molecular weight is 413 g/mol. The number of hydrogen-bond acceptors (Lipinski definition) is 4. The first-order valence-electron chi connectivity index (χ1n) is 11.4. The Balaban J connectivity index is 1.39. The zero-order chi connectivity index (χ0) is 21.2. The lowest BCUT2D eigenvalue weighted by atomic mass is 9.64. The molecule has 4 nitrogen and oxygen atoms in total. The quantitative estimate of drug-likeness (QED) is 0.768. The van der Waals surface area contributed by atoms with Crippen molar-refractivity contribution in [1.82, 2.24) is 4.98 Å². The van der Waals surface area contributed by atoms with Crippen molar-refractivity contribution in [1.29, 1.82) is 0 Å². The van der Waals surface area contributed by atoms with Gasteiger partial charge in [0, 0.05) is 36.5 Å². The molecule has 3 aliphatic carbocycles. The minimum atomic E-state index is 0.0174. The van der Waals surface area contributed by atoms with Crippen LogP contribution in [0.4, 0.5) is 0 Å². The Kier molecular flexibility index (Phi) is 4.23. The number of Topliss-reactive ketones (excluding diaryl/α,β-unsaturated/α-hetero) is 1. The maximum Gasteiger partial charge on any atom is 0.166 e. The second-order valence-electron chi connectivity index (χ2n) is 9.83. The Morgan fingerprint density at radius 2 is 2.13 bits per heavy atom. The largest absolute Gasteiger partial charge is 0.489 e. The van der Waals surface area contributed by atoms with Crippen LogP contribution in [0.2, 0.25) is 0 Å². The van der Waals surface area contributed by atoms with Crippen molar-refractivity contribution in [3.8, 4) is 0 Å². The zero-order valence-corrected chi connectivity index (χ0v) is 17.9. The molecule has 0 spiro atoms. The van der Waals surface area contributed by atoms with Gasteiger partial charge < -0.3 is 10.5 Å². The fourth-order valence-corrected chi connectivity index (χ4v) is 6.50. The van der Waals surface area contributed by atoms with Crippen LogP contribution in [0, 0.1) is 17.3 Å². The maximum absolute atomic E-state index is 12.7. The molecule has 1 saturated carbocycles. The summed E-state index contributed by atoms with van der Waals surface area (Å²) in [4.78, 5) is 17.0. The summed E-state index contributed by atoms with van der Waals surface area (Å²) in [6, 6.07) is 8.73. The van der Waals surface area contributed by atoms with Crippen LogP contribution in [-0.4, -0.2) is 23.4 Å². The van der Waals surface area contributed by atoms with Crippen LogP contribution >= 0.6 is 0 Å². The number of carbonyl (C=O) groups excluding carboxylic acids is 1. The first-order chi connectivity index (χ1) is 15.1. The van der Waals surface area contributed by atoms with E-state index >= 15 is 0 Å². The summed E-state index contributed by atoms with van der Waals surface area (Å²) in [6.07, 6.45) is 14.2. The summed E-state index contributed by atoms with van der Waals surface area (Å²) in [7, 11) is 0. The molecule has 4 heteroatoms. The third kappa shape index (κ3) is 2.77. The van der Waals surface area contributed by atoms with Gasteiger partial charge in [-0.25, -0.2) is 0 Å². The summed E-state index contributed by atoms with van der Waals surface area (Å²) in [5.41, 5.74) is 9.25. The highest BCUT2D eigenvalue weighted by molar-refractivity contribution is 6.00. The molecule has 0 radical (unpaired) electrons. The maximum atomic E-state index is 12.7. The molecule has 2 N–H and O–H groups in total. The molecular weight excluding hydrogens is 384 g/mol. The first kappa shape index (κ1) is 19.0. The molecule has 1 aliphatic heterocycles. The summed E-state index contributed by atoms with van der Waals surface area (Å²) in [6.45, 7) is 2.93. The van der Waals surface area contributed by atoms with Crippen molar-refractivity contribution in [3.63, 3.8) is 0 Å². The summed E-state index contributed by atoms with van der Waals surface area (Å²) >= 11 is 0. The van der Waals surface area contributed by atoms with Crippen LogP contribution in [0.15, 0.2) is 71.8 Å². The molecule has 4 aliphatic rings. The van der Waals surface area contributed by atoms with E-state index < -0.39 is 0 Å². The van der Waals surface area contributed by atoms with Crippen LogP contribution < -0.4 is 5.73 Å². The number of hydrogen-bond donors (Lipinski definition) is 1. The summed E-state index contributed by atoms with van der Waals surface area (Å²) in [5.74, 6) is 2.08. The molecule has 0 saturated heterocycles. The van der Waals surface area contributed by atoms with Crippen LogP contribution in [0.1, 0.15) is 44.1 Å². The molecule has 1 aromatic heterocycles. The van der Waals surface area contributed by atoms with Gasteiger partial charge in [-0.15, -0.1) is 0 Å². The van der Waals surface area contributed by atoms with Crippen molar-refractivity contribution in [2.75, 3.05) is 6.54 Å². The van der Waals surface area contributed by atoms with E-state index in [1.165, 1.54) is 16.3 Å². The molecule has 0 amide bonds. The minimum Gasteiger partial charge on any atom is -0.489 e. The fourth-order valence-electron chi connectivity index (χ4n) is 6.50. The van der Waals surface area contributed by atoms with E-state index in [9.17, 15) is 4.79 Å². The monoisotopic (exact) mass is 412 g/mol. The van der Waals surface area contributed by atoms with E-state index in [0.29, 0.717) is 24.8 Å². The summed E-state index contributed by atoms with van der Waals surface area (Å²) < 4.78 is 6.62. The number of carbonyl (C=O) groups is 1. The van der Waals surface area contributed by atoms with E-state index in [1.54, 1.807) is 0 Å². The van der Waals surface area contributed by atoms with E-state index in [4.69, 9.17) is 10.5 Å². The number of fused-ring (bicyclic) bond motifs is 4. The highest BCUT2D eigenvalue weighted by Crippen LogP contribution is 2.60. The van der Waals surface area contributed by atoms with Gasteiger partial charge in [0.15, 0.2) is 5.78 Å². The lowest BCUT2D eigenvalue weighted by molar-refractivity contribution is -0.117. The average Bonchev–Trinajstić information content (AvgIpc) is 3.15. The number of allylic oxidation sites excluding steroid dienone is 4. The van der Waals surface area contributed by atoms with Gasteiger partial charge in [-0.2, -0.15) is 0 Å². The summed E-state index contributed by atoms with van der Waals surface area (Å²) in [5, 5.41) is 2.50. The first-order valence-corrected chi connectivity index (χ1v) is 11.4. The van der Waals surface area contributed by atoms with E-state index in [-0.39, 0.29) is 23.2 Å². The van der Waals surface area contributed by atoms with Crippen molar-refractivity contribution < 1.29 is 9.53 Å². The van der Waals surface area contributed by atoms with E-state index in [2.05, 4.69) is 54.4 Å². The standard InChI is InChI=1S/C27H28N2O2/c1-27-9-7-17-13-21-24(30)11-16(14-28)12-25(21)31-26(17)23(27)6-5-22(27)20-4-2-3-18-15-29-10-8-19(18)20/h2-4,7-10,13,15-16,22-23,26H,5-6,11-12,14,28H2,1H3/t16?,22-,23+,26-,27-/m1/s1. The van der Waals surface area contributed by atoms with Gasteiger partial charge in [0.2, 0.25) is 0 Å². The van der Waals surface area contributed by atoms with Gasteiger partial charge in [-0.05, 0) is 65.3 Å². The number of nitrogens with zero attached hydrogens (tertiary/aromatic N) is 1. The number of rotatable bonds is 2. The number of benzene rings is 1. The SMILES string of the molecule is C[C@]12C=CC3=CC4=C(CC(CN)CC4=O)O[C@H]3[C@@H]1CC[C@@H]2c1cccc2cnccc12. The number of ketones is 1. The van der Waals surface area contributed by atoms with Crippen LogP contribution in [0.25, 0.3) is 10.8 Å². The van der Waals surface area contributed by atoms with Crippen molar-refractivity contribution in [2.24, 2.45) is 23.0 Å². The highest BCUT2D eigenvalue weighted by atomic mass is 16.5. The van der Waals surface area contributed by atoms with Crippen molar-refractivity contribution in [2.45, 2.75) is 44.6 Å². The smallest absolute Gasteiger partial charge is 0.166 e. The van der Waals surface area contributed by atoms with E-state index in [0.717, 1.165) is 36.2 Å². The second kappa shape index (κ2) is 6.89. The Morgan fingerprint density at radius 1 is 1.23 bits per heavy atom.